The molecule has 0 bridgehead atoms. The van der Waals surface area contributed by atoms with Crippen LogP contribution in [0.25, 0.3) is 17.1 Å². The van der Waals surface area contributed by atoms with Gasteiger partial charge in [0.25, 0.3) is 5.89 Å². The average molecular weight is 531 g/mol. The molecule has 1 aliphatic rings. The van der Waals surface area contributed by atoms with Gasteiger partial charge in [-0.2, -0.15) is 8.78 Å². The van der Waals surface area contributed by atoms with Gasteiger partial charge in [-0.1, -0.05) is 24.3 Å². The molecule has 0 atom stereocenters. The van der Waals surface area contributed by atoms with E-state index in [0.29, 0.717) is 43.1 Å². The van der Waals surface area contributed by atoms with E-state index in [2.05, 4.69) is 25.1 Å². The molecule has 198 valence electrons. The predicted molar refractivity (Wildman–Crippen MR) is 139 cm³/mol. The topological polar surface area (TPSA) is 95.9 Å². The summed E-state index contributed by atoms with van der Waals surface area (Å²) in [5, 5.41) is 7.10. The van der Waals surface area contributed by atoms with Gasteiger partial charge in [0.05, 0.1) is 12.2 Å². The van der Waals surface area contributed by atoms with Crippen molar-refractivity contribution in [3.8, 4) is 11.5 Å². The number of carbonyl (C=O) groups excluding carboxylic acids is 1. The molecule has 0 aliphatic carbocycles. The van der Waals surface area contributed by atoms with Crippen molar-refractivity contribution in [2.75, 3.05) is 36.0 Å². The van der Waals surface area contributed by atoms with Gasteiger partial charge in [0, 0.05) is 56.0 Å². The highest BCUT2D eigenvalue weighted by Crippen LogP contribution is 2.25. The Morgan fingerprint density at radius 2 is 1.79 bits per heavy atom. The standard InChI is InChI=1S/C27H24F2N8O2/c28-24(29)26-33-32-25(39-26)19-9-11-36-17-20(31-23(36)16-19)18-37(21-6-2-1-3-7-21)27(38)35-14-12-34(13-15-35)22-8-4-5-10-30-22/h1-11,16-17,24H,12-15,18H2. The van der Waals surface area contributed by atoms with Crippen LogP contribution in [0.15, 0.2) is 83.7 Å². The molecule has 39 heavy (non-hydrogen) atoms. The summed E-state index contributed by atoms with van der Waals surface area (Å²) in [6.45, 7) is 2.75. The van der Waals surface area contributed by atoms with Crippen molar-refractivity contribution in [1.29, 1.82) is 0 Å². The molecule has 12 heteroatoms. The number of nitrogens with zero attached hydrogens (tertiary/aromatic N) is 8. The number of urea groups is 1. The summed E-state index contributed by atoms with van der Waals surface area (Å²) in [6.07, 6.45) is 2.50. The molecule has 5 heterocycles. The van der Waals surface area contributed by atoms with Crippen LogP contribution in [0.3, 0.4) is 0 Å². The summed E-state index contributed by atoms with van der Waals surface area (Å²) in [7, 11) is 0. The van der Waals surface area contributed by atoms with Crippen molar-refractivity contribution >= 4 is 23.2 Å². The fourth-order valence-corrected chi connectivity index (χ4v) is 4.56. The maximum Gasteiger partial charge on any atom is 0.324 e. The van der Waals surface area contributed by atoms with Crippen LogP contribution in [0, 0.1) is 0 Å². The molecule has 1 saturated heterocycles. The number of halogens is 2. The number of pyridine rings is 2. The molecule has 2 amide bonds. The van der Waals surface area contributed by atoms with Gasteiger partial charge in [0.15, 0.2) is 0 Å². The van der Waals surface area contributed by atoms with Crippen molar-refractivity contribution < 1.29 is 18.0 Å². The van der Waals surface area contributed by atoms with E-state index in [1.165, 1.54) is 0 Å². The molecular formula is C27H24F2N8O2. The number of rotatable bonds is 6. The third-order valence-corrected chi connectivity index (χ3v) is 6.53. The smallest absolute Gasteiger partial charge is 0.324 e. The Morgan fingerprint density at radius 3 is 2.51 bits per heavy atom. The van der Waals surface area contributed by atoms with E-state index < -0.39 is 12.3 Å². The Bertz CT molecular complexity index is 1570. The van der Waals surface area contributed by atoms with Gasteiger partial charge in [-0.15, -0.1) is 10.2 Å². The summed E-state index contributed by atoms with van der Waals surface area (Å²) in [4.78, 5) is 28.6. The van der Waals surface area contributed by atoms with Gasteiger partial charge >= 0.3 is 12.5 Å². The molecule has 0 saturated carbocycles. The summed E-state index contributed by atoms with van der Waals surface area (Å²) in [5.41, 5.74) is 2.46. The molecule has 0 N–H and O–H groups in total. The second-order valence-electron chi connectivity index (χ2n) is 9.03. The van der Waals surface area contributed by atoms with E-state index in [1.54, 1.807) is 33.8 Å². The van der Waals surface area contributed by atoms with Crippen molar-refractivity contribution in [3.05, 3.63) is 90.8 Å². The number of fused-ring (bicyclic) bond motifs is 1. The lowest BCUT2D eigenvalue weighted by molar-refractivity contribution is 0.116. The number of amides is 2. The highest BCUT2D eigenvalue weighted by Gasteiger charge is 2.27. The Morgan fingerprint density at radius 1 is 1.00 bits per heavy atom. The van der Waals surface area contributed by atoms with Crippen LogP contribution in [-0.4, -0.2) is 61.7 Å². The summed E-state index contributed by atoms with van der Waals surface area (Å²) in [5.74, 6) is 0.162. The number of benzene rings is 1. The fraction of sp³-hybridized carbons (Fsp3) is 0.222. The highest BCUT2D eigenvalue weighted by atomic mass is 19.3. The zero-order chi connectivity index (χ0) is 26.8. The number of hydrogen-bond acceptors (Lipinski definition) is 7. The summed E-state index contributed by atoms with van der Waals surface area (Å²) < 4.78 is 32.6. The van der Waals surface area contributed by atoms with Crippen LogP contribution < -0.4 is 9.80 Å². The Labute approximate surface area is 222 Å². The van der Waals surface area contributed by atoms with Crippen LogP contribution in [0.4, 0.5) is 25.1 Å². The second kappa shape index (κ2) is 10.5. The minimum Gasteiger partial charge on any atom is -0.415 e. The summed E-state index contributed by atoms with van der Waals surface area (Å²) in [6, 6.07) is 18.5. The normalized spacial score (nSPS) is 13.8. The van der Waals surface area contributed by atoms with Crippen molar-refractivity contribution in [2.24, 2.45) is 0 Å². The highest BCUT2D eigenvalue weighted by molar-refractivity contribution is 5.92. The second-order valence-corrected chi connectivity index (χ2v) is 9.03. The largest absolute Gasteiger partial charge is 0.415 e. The van der Waals surface area contributed by atoms with E-state index in [-0.39, 0.29) is 18.5 Å². The Balaban J connectivity index is 1.22. The van der Waals surface area contributed by atoms with Crippen molar-refractivity contribution in [3.63, 3.8) is 0 Å². The zero-order valence-electron chi connectivity index (χ0n) is 20.8. The number of alkyl halides is 2. The van der Waals surface area contributed by atoms with E-state index in [9.17, 15) is 13.6 Å². The van der Waals surface area contributed by atoms with Gasteiger partial charge < -0.3 is 18.6 Å². The quantitative estimate of drug-likeness (QED) is 0.315. The molecule has 0 radical (unpaired) electrons. The fourth-order valence-electron chi connectivity index (χ4n) is 4.56. The monoisotopic (exact) mass is 530 g/mol. The molecule has 1 aromatic carbocycles. The van der Waals surface area contributed by atoms with Crippen LogP contribution in [0.5, 0.6) is 0 Å². The number of piperazine rings is 1. The van der Waals surface area contributed by atoms with Crippen LogP contribution in [-0.2, 0) is 6.54 Å². The molecule has 5 aromatic rings. The number of carbonyl (C=O) groups is 1. The molecule has 0 unspecified atom stereocenters. The Hall–Kier alpha value is -4.87. The molecule has 6 rings (SSSR count). The first-order valence-corrected chi connectivity index (χ1v) is 12.4. The van der Waals surface area contributed by atoms with E-state index in [1.807, 2.05) is 59.6 Å². The van der Waals surface area contributed by atoms with Crippen molar-refractivity contribution in [2.45, 2.75) is 13.0 Å². The first-order valence-electron chi connectivity index (χ1n) is 12.4. The number of para-hydroxylation sites is 1. The molecular weight excluding hydrogens is 506 g/mol. The molecule has 0 spiro atoms. The van der Waals surface area contributed by atoms with Crippen LogP contribution >= 0.6 is 0 Å². The summed E-state index contributed by atoms with van der Waals surface area (Å²) >= 11 is 0. The lowest BCUT2D eigenvalue weighted by atomic mass is 10.2. The number of aromatic nitrogens is 5. The zero-order valence-corrected chi connectivity index (χ0v) is 20.8. The van der Waals surface area contributed by atoms with E-state index in [4.69, 9.17) is 4.42 Å². The van der Waals surface area contributed by atoms with Crippen LogP contribution in [0.2, 0.25) is 0 Å². The van der Waals surface area contributed by atoms with Gasteiger partial charge in [0.1, 0.15) is 11.5 Å². The lowest BCUT2D eigenvalue weighted by Gasteiger charge is -2.38. The van der Waals surface area contributed by atoms with Crippen LogP contribution in [0.1, 0.15) is 18.0 Å². The Kier molecular flexibility index (Phi) is 6.57. The van der Waals surface area contributed by atoms with Gasteiger partial charge in [-0.3, -0.25) is 4.90 Å². The number of imidazole rings is 1. The minimum absolute atomic E-state index is 0.0108. The molecule has 1 aliphatic heterocycles. The maximum absolute atomic E-state index is 13.8. The third kappa shape index (κ3) is 5.13. The molecule has 1 fully saturated rings. The van der Waals surface area contributed by atoms with Gasteiger partial charge in [-0.25, -0.2) is 14.8 Å². The average Bonchev–Trinajstić information content (AvgIpc) is 3.64. The van der Waals surface area contributed by atoms with E-state index in [0.717, 1.165) is 11.5 Å². The minimum atomic E-state index is -2.84. The van der Waals surface area contributed by atoms with Crippen molar-refractivity contribution in [1.82, 2.24) is 29.5 Å². The predicted octanol–water partition coefficient (Wildman–Crippen LogP) is 4.67. The molecule has 10 nitrogen and oxygen atoms in total. The van der Waals surface area contributed by atoms with E-state index >= 15 is 0 Å². The number of anilines is 2. The number of hydrogen-bond donors (Lipinski definition) is 0. The first kappa shape index (κ1) is 24.5. The SMILES string of the molecule is O=C(N1CCN(c2ccccn2)CC1)N(Cc1cn2ccc(-c3nnc(C(F)F)o3)cc2n1)c1ccccc1. The third-order valence-electron chi connectivity index (χ3n) is 6.53. The van der Waals surface area contributed by atoms with Gasteiger partial charge in [-0.05, 0) is 36.4 Å². The first-order chi connectivity index (χ1) is 19.0. The lowest BCUT2D eigenvalue weighted by Crippen LogP contribution is -2.53. The molecule has 4 aromatic heterocycles. The maximum atomic E-state index is 13.8. The van der Waals surface area contributed by atoms with Gasteiger partial charge in [0.2, 0.25) is 5.89 Å².